The van der Waals surface area contributed by atoms with Crippen LogP contribution in [-0.2, 0) is 6.54 Å². The monoisotopic (exact) mass is 411 g/mol. The summed E-state index contributed by atoms with van der Waals surface area (Å²) in [7, 11) is 1.38. The fourth-order valence-electron chi connectivity index (χ4n) is 3.17. The molecule has 0 unspecified atom stereocenters. The van der Waals surface area contributed by atoms with E-state index in [0.29, 0.717) is 28.6 Å². The van der Waals surface area contributed by atoms with Crippen LogP contribution < -0.4 is 10.1 Å². The molecule has 2 aromatic heterocycles. The molecule has 2 N–H and O–H groups in total. The largest absolute Gasteiger partial charge is 0.502 e. The summed E-state index contributed by atoms with van der Waals surface area (Å²) in [5, 5.41) is 13.9. The molecule has 0 aliphatic rings. The summed E-state index contributed by atoms with van der Waals surface area (Å²) in [6, 6.07) is 14.3. The molecule has 0 aliphatic carbocycles. The van der Waals surface area contributed by atoms with E-state index in [4.69, 9.17) is 21.3 Å². The van der Waals surface area contributed by atoms with Crippen LogP contribution in [0.5, 0.6) is 11.5 Å². The lowest BCUT2D eigenvalue weighted by molar-refractivity contribution is 0.357. The molecule has 148 valence electrons. The average molecular weight is 412 g/mol. The lowest BCUT2D eigenvalue weighted by atomic mass is 10.1. The molecule has 5 nitrogen and oxygen atoms in total. The van der Waals surface area contributed by atoms with Crippen LogP contribution in [0.1, 0.15) is 11.1 Å². The van der Waals surface area contributed by atoms with Crippen LogP contribution in [0.4, 0.5) is 10.2 Å². The molecule has 2 heterocycles. The number of pyridine rings is 1. The topological polar surface area (TPSA) is 58.8 Å². The van der Waals surface area contributed by atoms with Crippen molar-refractivity contribution in [3.8, 4) is 22.8 Å². The summed E-state index contributed by atoms with van der Waals surface area (Å²) in [5.74, 6) is -0.526. The Labute approximate surface area is 172 Å². The summed E-state index contributed by atoms with van der Waals surface area (Å²) >= 11 is 5.96. The average Bonchev–Trinajstić information content (AvgIpc) is 3.07. The van der Waals surface area contributed by atoms with E-state index >= 15 is 0 Å². The molecule has 2 aromatic carbocycles. The molecule has 0 spiro atoms. The number of benzene rings is 2. The third-order valence-corrected chi connectivity index (χ3v) is 4.93. The number of methoxy groups -OCH3 is 1. The molecule has 0 fully saturated rings. The van der Waals surface area contributed by atoms with E-state index in [-0.39, 0.29) is 5.75 Å². The zero-order valence-corrected chi connectivity index (χ0v) is 16.7. The Balaban J connectivity index is 1.82. The van der Waals surface area contributed by atoms with Crippen molar-refractivity contribution in [2.24, 2.45) is 0 Å². The quantitative estimate of drug-likeness (QED) is 0.460. The Morgan fingerprint density at radius 1 is 1.17 bits per heavy atom. The number of fused-ring (bicyclic) bond motifs is 1. The number of nitrogens with one attached hydrogen (secondary N) is 1. The van der Waals surface area contributed by atoms with Gasteiger partial charge in [-0.15, -0.1) is 0 Å². The molecule has 0 aliphatic heterocycles. The van der Waals surface area contributed by atoms with Crippen LogP contribution in [0, 0.1) is 12.7 Å². The fourth-order valence-corrected chi connectivity index (χ4v) is 3.30. The van der Waals surface area contributed by atoms with Crippen LogP contribution in [0.2, 0.25) is 5.02 Å². The second-order valence-corrected chi connectivity index (χ2v) is 7.17. The van der Waals surface area contributed by atoms with Gasteiger partial charge in [0.05, 0.1) is 7.11 Å². The number of hydrogen-bond acceptors (Lipinski definition) is 4. The minimum absolute atomic E-state index is 0.0527. The highest BCUT2D eigenvalue weighted by Gasteiger charge is 2.18. The van der Waals surface area contributed by atoms with Crippen molar-refractivity contribution in [3.63, 3.8) is 0 Å². The van der Waals surface area contributed by atoms with Gasteiger partial charge < -0.3 is 15.2 Å². The molecule has 0 saturated heterocycles. The number of hydrogen-bond donors (Lipinski definition) is 2. The zero-order valence-electron chi connectivity index (χ0n) is 15.9. The van der Waals surface area contributed by atoms with Gasteiger partial charge in [-0.2, -0.15) is 0 Å². The minimum Gasteiger partial charge on any atom is -0.502 e. The number of aryl methyl sites for hydroxylation is 1. The van der Waals surface area contributed by atoms with E-state index in [2.05, 4.69) is 5.32 Å². The van der Waals surface area contributed by atoms with Gasteiger partial charge in [0.25, 0.3) is 0 Å². The van der Waals surface area contributed by atoms with Gasteiger partial charge in [0.2, 0.25) is 0 Å². The zero-order chi connectivity index (χ0) is 20.5. The highest BCUT2D eigenvalue weighted by atomic mass is 35.5. The van der Waals surface area contributed by atoms with Gasteiger partial charge in [-0.1, -0.05) is 23.7 Å². The predicted molar refractivity (Wildman–Crippen MR) is 112 cm³/mol. The fraction of sp³-hybridized carbons (Fsp3) is 0.136. The Hall–Kier alpha value is -3.25. The Morgan fingerprint density at radius 3 is 2.66 bits per heavy atom. The van der Waals surface area contributed by atoms with E-state index in [0.717, 1.165) is 16.8 Å². The first-order chi connectivity index (χ1) is 14.0. The van der Waals surface area contributed by atoms with E-state index in [1.807, 2.05) is 53.9 Å². The van der Waals surface area contributed by atoms with Crippen LogP contribution in [-0.4, -0.2) is 21.6 Å². The summed E-state index contributed by atoms with van der Waals surface area (Å²) in [5.41, 5.74) is 3.88. The van der Waals surface area contributed by atoms with Gasteiger partial charge in [0.15, 0.2) is 17.3 Å². The van der Waals surface area contributed by atoms with Crippen molar-refractivity contribution >= 4 is 23.1 Å². The SMILES string of the molecule is COc1cc(-c2nc3cc(C)ccn3c2NCc2ccc(Cl)cc2)cc(F)c1O. The van der Waals surface area contributed by atoms with Crippen molar-refractivity contribution in [3.05, 3.63) is 76.7 Å². The second-order valence-electron chi connectivity index (χ2n) is 6.73. The van der Waals surface area contributed by atoms with Gasteiger partial charge in [-0.3, -0.25) is 4.40 Å². The predicted octanol–water partition coefficient (Wildman–Crippen LogP) is 5.43. The van der Waals surface area contributed by atoms with Gasteiger partial charge in [-0.25, -0.2) is 9.37 Å². The van der Waals surface area contributed by atoms with Crippen molar-refractivity contribution < 1.29 is 14.2 Å². The van der Waals surface area contributed by atoms with Gasteiger partial charge in [0, 0.05) is 23.3 Å². The molecule has 0 atom stereocenters. The van der Waals surface area contributed by atoms with Crippen molar-refractivity contribution in [1.82, 2.24) is 9.38 Å². The maximum Gasteiger partial charge on any atom is 0.194 e. The molecular weight excluding hydrogens is 393 g/mol. The molecule has 7 heteroatoms. The first-order valence-electron chi connectivity index (χ1n) is 9.00. The number of aromatic nitrogens is 2. The molecule has 0 saturated carbocycles. The molecule has 0 bridgehead atoms. The maximum absolute atomic E-state index is 14.3. The summed E-state index contributed by atoms with van der Waals surface area (Å²) in [6.07, 6.45) is 1.92. The number of phenolic OH excluding ortho intramolecular Hbond substituents is 1. The first kappa shape index (κ1) is 19.1. The van der Waals surface area contributed by atoms with Crippen LogP contribution in [0.25, 0.3) is 16.9 Å². The van der Waals surface area contributed by atoms with Gasteiger partial charge in [-0.05, 0) is 54.4 Å². The van der Waals surface area contributed by atoms with E-state index < -0.39 is 11.6 Å². The summed E-state index contributed by atoms with van der Waals surface area (Å²) in [6.45, 7) is 2.52. The van der Waals surface area contributed by atoms with Gasteiger partial charge >= 0.3 is 0 Å². The Kier molecular flexibility index (Phi) is 5.03. The Bertz CT molecular complexity index is 1190. The van der Waals surface area contributed by atoms with Gasteiger partial charge in [0.1, 0.15) is 17.2 Å². The lowest BCUT2D eigenvalue weighted by Crippen LogP contribution is -2.03. The molecule has 0 radical (unpaired) electrons. The first-order valence-corrected chi connectivity index (χ1v) is 9.38. The number of nitrogens with zero attached hydrogens (tertiary/aromatic N) is 2. The molecular formula is C22H19ClFN3O2. The third-order valence-electron chi connectivity index (χ3n) is 4.68. The van der Waals surface area contributed by atoms with Crippen LogP contribution in [0.3, 0.4) is 0 Å². The highest BCUT2D eigenvalue weighted by Crippen LogP contribution is 2.37. The molecule has 0 amide bonds. The summed E-state index contributed by atoms with van der Waals surface area (Å²) < 4.78 is 21.3. The minimum atomic E-state index is -0.767. The van der Waals surface area contributed by atoms with Crippen molar-refractivity contribution in [1.29, 1.82) is 0 Å². The van der Waals surface area contributed by atoms with Crippen molar-refractivity contribution in [2.45, 2.75) is 13.5 Å². The third kappa shape index (κ3) is 3.71. The number of ether oxygens (including phenoxy) is 1. The number of halogens is 2. The smallest absolute Gasteiger partial charge is 0.194 e. The molecule has 4 aromatic rings. The highest BCUT2D eigenvalue weighted by molar-refractivity contribution is 6.30. The Morgan fingerprint density at radius 2 is 1.93 bits per heavy atom. The maximum atomic E-state index is 14.3. The van der Waals surface area contributed by atoms with Crippen LogP contribution in [0.15, 0.2) is 54.7 Å². The van der Waals surface area contributed by atoms with E-state index in [1.54, 1.807) is 6.07 Å². The normalized spacial score (nSPS) is 11.0. The number of imidazole rings is 1. The van der Waals surface area contributed by atoms with Crippen molar-refractivity contribution in [2.75, 3.05) is 12.4 Å². The molecule has 4 rings (SSSR count). The molecule has 29 heavy (non-hydrogen) atoms. The summed E-state index contributed by atoms with van der Waals surface area (Å²) in [4.78, 5) is 4.69. The van der Waals surface area contributed by atoms with E-state index in [9.17, 15) is 9.50 Å². The number of phenols is 1. The van der Waals surface area contributed by atoms with Crippen LogP contribution >= 0.6 is 11.6 Å². The number of anilines is 1. The second kappa shape index (κ2) is 7.64. The standard InChI is InChI=1S/C22H19ClFN3O2/c1-13-7-8-27-19(9-13)26-20(15-10-17(24)21(28)18(11-15)29-2)22(27)25-12-14-3-5-16(23)6-4-14/h3-11,25,28H,12H2,1-2H3. The van der Waals surface area contributed by atoms with E-state index in [1.165, 1.54) is 13.2 Å². The lowest BCUT2D eigenvalue weighted by Gasteiger charge is -2.11. The number of rotatable bonds is 5. The number of aromatic hydroxyl groups is 1.